The highest BCUT2D eigenvalue weighted by Gasteiger charge is 2.26. The number of rotatable bonds is 7. The molecule has 0 spiro atoms. The number of likely N-dealkylation sites (tertiary alicyclic amines) is 1. The van der Waals surface area contributed by atoms with E-state index < -0.39 is 0 Å². The van der Waals surface area contributed by atoms with E-state index in [-0.39, 0.29) is 11.9 Å². The average molecular weight is 524 g/mol. The molecule has 0 radical (unpaired) electrons. The molecule has 0 aliphatic carbocycles. The Morgan fingerprint density at radius 1 is 1.19 bits per heavy atom. The van der Waals surface area contributed by atoms with Crippen molar-refractivity contribution in [2.24, 2.45) is 0 Å². The highest BCUT2D eigenvalue weighted by molar-refractivity contribution is 7.19. The van der Waals surface area contributed by atoms with Crippen LogP contribution in [-0.2, 0) is 6.54 Å². The number of nitrogens with zero attached hydrogens (tertiary/aromatic N) is 4. The normalized spacial score (nSPS) is 15.0. The fraction of sp³-hybridized carbons (Fsp3) is 0.370. The van der Waals surface area contributed by atoms with Crippen LogP contribution in [0.1, 0.15) is 48.6 Å². The number of hydrogen-bond acceptors (Lipinski definition) is 6. The second-order valence-electron chi connectivity index (χ2n) is 9.49. The molecule has 4 aromatic rings. The van der Waals surface area contributed by atoms with Crippen LogP contribution in [0.2, 0.25) is 4.34 Å². The van der Waals surface area contributed by atoms with Gasteiger partial charge in [0.1, 0.15) is 17.2 Å². The standard InChI is InChI=1S/C27H30ClN5O2S/c1-17(2)32-13-11-20(12-14-32)29-27(34)25-18(3)33(26(30-25)19-7-5-4-6-8-19)16-21-15-22(35-31-21)23-9-10-24(28)36-23/h4-10,15,17,20H,11-14,16H2,1-3H3,(H,29,34). The molecule has 36 heavy (non-hydrogen) atoms. The number of thiophene rings is 1. The van der Waals surface area contributed by atoms with Gasteiger partial charge in [-0.25, -0.2) is 4.98 Å². The number of halogens is 1. The zero-order valence-electron chi connectivity index (χ0n) is 20.7. The van der Waals surface area contributed by atoms with Crippen LogP contribution in [0.4, 0.5) is 0 Å². The number of amides is 1. The molecule has 9 heteroatoms. The summed E-state index contributed by atoms with van der Waals surface area (Å²) < 4.78 is 8.32. The molecule has 1 aliphatic rings. The molecule has 1 aliphatic heterocycles. The third-order valence-corrected chi connectivity index (χ3v) is 8.00. The van der Waals surface area contributed by atoms with E-state index in [9.17, 15) is 4.79 Å². The summed E-state index contributed by atoms with van der Waals surface area (Å²) in [6.07, 6.45) is 1.90. The molecular formula is C27H30ClN5O2S. The van der Waals surface area contributed by atoms with Crippen molar-refractivity contribution in [3.63, 3.8) is 0 Å². The second-order valence-corrected chi connectivity index (χ2v) is 11.2. The van der Waals surface area contributed by atoms with E-state index in [1.807, 2.05) is 60.0 Å². The van der Waals surface area contributed by atoms with Crippen LogP contribution in [0, 0.1) is 6.92 Å². The SMILES string of the molecule is Cc1c(C(=O)NC2CCN(C(C)C)CC2)nc(-c2ccccc2)n1Cc1cc(-c2ccc(Cl)s2)on1. The van der Waals surface area contributed by atoms with Gasteiger partial charge in [-0.05, 0) is 45.7 Å². The van der Waals surface area contributed by atoms with Crippen molar-refractivity contribution in [1.82, 2.24) is 24.9 Å². The van der Waals surface area contributed by atoms with Gasteiger partial charge in [0.05, 0.1) is 15.8 Å². The zero-order chi connectivity index (χ0) is 25.2. The first-order chi connectivity index (χ1) is 17.4. The summed E-state index contributed by atoms with van der Waals surface area (Å²) >= 11 is 7.53. The fourth-order valence-corrected chi connectivity index (χ4v) is 5.67. The number of carbonyl (C=O) groups is 1. The van der Waals surface area contributed by atoms with Gasteiger partial charge in [0.2, 0.25) is 0 Å². The number of carbonyl (C=O) groups excluding carboxylic acids is 1. The van der Waals surface area contributed by atoms with Crippen LogP contribution >= 0.6 is 22.9 Å². The topological polar surface area (TPSA) is 76.2 Å². The van der Waals surface area contributed by atoms with Crippen molar-refractivity contribution < 1.29 is 9.32 Å². The molecule has 3 aromatic heterocycles. The van der Waals surface area contributed by atoms with Crippen molar-refractivity contribution >= 4 is 28.8 Å². The predicted molar refractivity (Wildman–Crippen MR) is 144 cm³/mol. The number of hydrogen-bond donors (Lipinski definition) is 1. The molecule has 5 rings (SSSR count). The summed E-state index contributed by atoms with van der Waals surface area (Å²) in [6.45, 7) is 8.80. The summed E-state index contributed by atoms with van der Waals surface area (Å²) in [7, 11) is 0. The fourth-order valence-electron chi connectivity index (χ4n) is 4.68. The lowest BCUT2D eigenvalue weighted by atomic mass is 10.0. The molecule has 1 fully saturated rings. The summed E-state index contributed by atoms with van der Waals surface area (Å²) in [5, 5.41) is 7.51. The van der Waals surface area contributed by atoms with Crippen molar-refractivity contribution in [2.45, 2.75) is 52.2 Å². The highest BCUT2D eigenvalue weighted by atomic mass is 35.5. The van der Waals surface area contributed by atoms with Gasteiger partial charge in [0.15, 0.2) is 5.76 Å². The van der Waals surface area contributed by atoms with Crippen LogP contribution in [0.3, 0.4) is 0 Å². The van der Waals surface area contributed by atoms with Crippen LogP contribution in [-0.4, -0.2) is 50.7 Å². The zero-order valence-corrected chi connectivity index (χ0v) is 22.3. The third kappa shape index (κ3) is 5.26. The Hall–Kier alpha value is -2.94. The molecular weight excluding hydrogens is 494 g/mol. The van der Waals surface area contributed by atoms with Gasteiger partial charge in [0, 0.05) is 42.5 Å². The summed E-state index contributed by atoms with van der Waals surface area (Å²) in [5.74, 6) is 1.28. The average Bonchev–Trinajstić information content (AvgIpc) is 3.60. The van der Waals surface area contributed by atoms with E-state index in [2.05, 4.69) is 29.2 Å². The Labute approximate surface area is 220 Å². The van der Waals surface area contributed by atoms with E-state index in [1.54, 1.807) is 0 Å². The van der Waals surface area contributed by atoms with Gasteiger partial charge in [0.25, 0.3) is 5.91 Å². The number of nitrogens with one attached hydrogen (secondary N) is 1. The van der Waals surface area contributed by atoms with Gasteiger partial charge < -0.3 is 19.3 Å². The largest absolute Gasteiger partial charge is 0.355 e. The summed E-state index contributed by atoms with van der Waals surface area (Å²) in [4.78, 5) is 21.5. The van der Waals surface area contributed by atoms with E-state index >= 15 is 0 Å². The first-order valence-electron chi connectivity index (χ1n) is 12.3. The number of imidazole rings is 1. The molecule has 0 atom stereocenters. The van der Waals surface area contributed by atoms with Crippen LogP contribution in [0.15, 0.2) is 53.1 Å². The molecule has 1 amide bonds. The van der Waals surface area contributed by atoms with E-state index in [0.29, 0.717) is 28.4 Å². The van der Waals surface area contributed by atoms with Crippen molar-refractivity contribution in [3.05, 3.63) is 69.9 Å². The number of piperidine rings is 1. The molecule has 0 saturated carbocycles. The molecule has 0 unspecified atom stereocenters. The summed E-state index contributed by atoms with van der Waals surface area (Å²) in [5.41, 5.74) is 2.95. The maximum Gasteiger partial charge on any atom is 0.271 e. The van der Waals surface area contributed by atoms with Gasteiger partial charge in [-0.3, -0.25) is 4.79 Å². The number of aromatic nitrogens is 3. The predicted octanol–water partition coefficient (Wildman–Crippen LogP) is 5.88. The quantitative estimate of drug-likeness (QED) is 0.327. The van der Waals surface area contributed by atoms with Crippen molar-refractivity contribution in [2.75, 3.05) is 13.1 Å². The van der Waals surface area contributed by atoms with E-state index in [4.69, 9.17) is 21.1 Å². The smallest absolute Gasteiger partial charge is 0.271 e. The lowest BCUT2D eigenvalue weighted by molar-refractivity contribution is 0.0895. The second kappa shape index (κ2) is 10.6. The lowest BCUT2D eigenvalue weighted by Gasteiger charge is -2.34. The van der Waals surface area contributed by atoms with Gasteiger partial charge in [-0.2, -0.15) is 0 Å². The minimum Gasteiger partial charge on any atom is -0.355 e. The molecule has 1 aromatic carbocycles. The molecule has 1 N–H and O–H groups in total. The molecule has 0 bridgehead atoms. The van der Waals surface area contributed by atoms with Crippen molar-refractivity contribution in [3.8, 4) is 22.0 Å². The Kier molecular flexibility index (Phi) is 7.27. The van der Waals surface area contributed by atoms with E-state index in [0.717, 1.165) is 53.6 Å². The molecule has 1 saturated heterocycles. The third-order valence-electron chi connectivity index (χ3n) is 6.76. The number of benzene rings is 1. The van der Waals surface area contributed by atoms with Crippen LogP contribution in [0.25, 0.3) is 22.0 Å². The Bertz CT molecular complexity index is 1340. The highest BCUT2D eigenvalue weighted by Crippen LogP contribution is 2.32. The summed E-state index contributed by atoms with van der Waals surface area (Å²) in [6, 6.07) is 16.3. The maximum absolute atomic E-state index is 13.3. The Morgan fingerprint density at radius 3 is 2.61 bits per heavy atom. The molecule has 7 nitrogen and oxygen atoms in total. The van der Waals surface area contributed by atoms with Crippen LogP contribution < -0.4 is 5.32 Å². The first kappa shape index (κ1) is 24.7. The minimum absolute atomic E-state index is 0.125. The van der Waals surface area contributed by atoms with Gasteiger partial charge in [-0.15, -0.1) is 11.3 Å². The van der Waals surface area contributed by atoms with E-state index in [1.165, 1.54) is 11.3 Å². The maximum atomic E-state index is 13.3. The van der Waals surface area contributed by atoms with Gasteiger partial charge >= 0.3 is 0 Å². The van der Waals surface area contributed by atoms with Crippen LogP contribution in [0.5, 0.6) is 0 Å². The monoisotopic (exact) mass is 523 g/mol. The van der Waals surface area contributed by atoms with Gasteiger partial charge in [-0.1, -0.05) is 47.1 Å². The Morgan fingerprint density at radius 2 is 1.94 bits per heavy atom. The lowest BCUT2D eigenvalue weighted by Crippen LogP contribution is -2.46. The van der Waals surface area contributed by atoms with Crippen molar-refractivity contribution in [1.29, 1.82) is 0 Å². The molecule has 4 heterocycles. The Balaban J connectivity index is 1.40. The minimum atomic E-state index is -0.125. The first-order valence-corrected chi connectivity index (χ1v) is 13.5. The molecule has 188 valence electrons.